The summed E-state index contributed by atoms with van der Waals surface area (Å²) in [6.07, 6.45) is 4.39. The van der Waals surface area contributed by atoms with E-state index >= 15 is 0 Å². The van der Waals surface area contributed by atoms with Crippen LogP contribution in [0.2, 0.25) is 0 Å². The van der Waals surface area contributed by atoms with E-state index < -0.39 is 18.0 Å². The largest absolute Gasteiger partial charge is 0.479 e. The topological polar surface area (TPSA) is 108 Å². The SMILES string of the molecule is C=CCN(CCO)C(=O)NC(C(=O)O)c1cnn(C)c1. The van der Waals surface area contributed by atoms with Crippen molar-refractivity contribution in [3.8, 4) is 0 Å². The molecule has 1 atom stereocenters. The smallest absolute Gasteiger partial charge is 0.331 e. The van der Waals surface area contributed by atoms with Crippen LogP contribution in [0.25, 0.3) is 0 Å². The zero-order valence-electron chi connectivity index (χ0n) is 11.2. The van der Waals surface area contributed by atoms with E-state index in [1.165, 1.54) is 28.1 Å². The molecule has 0 aliphatic heterocycles. The molecule has 20 heavy (non-hydrogen) atoms. The molecular weight excluding hydrogens is 264 g/mol. The third-order valence-electron chi connectivity index (χ3n) is 2.58. The lowest BCUT2D eigenvalue weighted by molar-refractivity contribution is -0.139. The molecule has 1 aromatic rings. The maximum Gasteiger partial charge on any atom is 0.331 e. The summed E-state index contributed by atoms with van der Waals surface area (Å²) >= 11 is 0. The van der Waals surface area contributed by atoms with Crippen molar-refractivity contribution in [2.24, 2.45) is 7.05 Å². The number of aliphatic carboxylic acids is 1. The first kappa shape index (κ1) is 15.7. The molecule has 0 bridgehead atoms. The molecule has 0 saturated carbocycles. The van der Waals surface area contributed by atoms with Crippen LogP contribution in [0.4, 0.5) is 4.79 Å². The molecule has 0 aliphatic rings. The van der Waals surface area contributed by atoms with Gasteiger partial charge in [0, 0.05) is 31.9 Å². The second kappa shape index (κ2) is 7.29. The maximum absolute atomic E-state index is 12.0. The van der Waals surface area contributed by atoms with E-state index in [9.17, 15) is 14.7 Å². The van der Waals surface area contributed by atoms with Gasteiger partial charge in [0.05, 0.1) is 12.8 Å². The van der Waals surface area contributed by atoms with Crippen LogP contribution in [-0.4, -0.2) is 56.6 Å². The van der Waals surface area contributed by atoms with E-state index in [0.29, 0.717) is 5.56 Å². The Bertz CT molecular complexity index is 486. The molecule has 0 saturated heterocycles. The molecule has 0 fully saturated rings. The fourth-order valence-corrected chi connectivity index (χ4v) is 1.64. The van der Waals surface area contributed by atoms with E-state index in [0.717, 1.165) is 0 Å². The first-order valence-corrected chi connectivity index (χ1v) is 5.98. The number of hydrogen-bond acceptors (Lipinski definition) is 4. The van der Waals surface area contributed by atoms with Crippen LogP contribution in [-0.2, 0) is 11.8 Å². The Balaban J connectivity index is 2.82. The summed E-state index contributed by atoms with van der Waals surface area (Å²) in [6, 6.07) is -1.78. The van der Waals surface area contributed by atoms with Crippen molar-refractivity contribution >= 4 is 12.0 Å². The highest BCUT2D eigenvalue weighted by atomic mass is 16.4. The quantitative estimate of drug-likeness (QED) is 0.597. The molecule has 110 valence electrons. The second-order valence-corrected chi connectivity index (χ2v) is 4.13. The molecule has 2 amide bonds. The molecule has 1 aromatic heterocycles. The molecule has 0 spiro atoms. The number of rotatable bonds is 7. The molecule has 0 aromatic carbocycles. The standard InChI is InChI=1S/C12H18N4O4/c1-3-4-16(5-6-17)12(20)14-10(11(18)19)9-7-13-15(2)8-9/h3,7-8,10,17H,1,4-6H2,2H3,(H,14,20)(H,18,19). The lowest BCUT2D eigenvalue weighted by Crippen LogP contribution is -2.44. The van der Waals surface area contributed by atoms with Crippen molar-refractivity contribution in [2.75, 3.05) is 19.7 Å². The number of nitrogens with one attached hydrogen (secondary N) is 1. The van der Waals surface area contributed by atoms with E-state index in [2.05, 4.69) is 17.0 Å². The predicted molar refractivity (Wildman–Crippen MR) is 71.0 cm³/mol. The number of aliphatic hydroxyl groups is 1. The number of hydrogen-bond donors (Lipinski definition) is 3. The Morgan fingerprint density at radius 3 is 2.80 bits per heavy atom. The third-order valence-corrected chi connectivity index (χ3v) is 2.58. The van der Waals surface area contributed by atoms with Crippen LogP contribution in [0.15, 0.2) is 25.0 Å². The van der Waals surface area contributed by atoms with Crippen molar-refractivity contribution in [3.63, 3.8) is 0 Å². The molecule has 8 nitrogen and oxygen atoms in total. The minimum atomic E-state index is -1.19. The summed E-state index contributed by atoms with van der Waals surface area (Å²) in [5, 5.41) is 24.3. The van der Waals surface area contributed by atoms with Gasteiger partial charge in [-0.05, 0) is 0 Å². The summed E-state index contributed by atoms with van der Waals surface area (Å²) in [6.45, 7) is 3.60. The molecule has 1 heterocycles. The highest BCUT2D eigenvalue weighted by Crippen LogP contribution is 2.12. The summed E-state index contributed by atoms with van der Waals surface area (Å²) in [5.74, 6) is -1.19. The van der Waals surface area contributed by atoms with Gasteiger partial charge in [-0.3, -0.25) is 4.68 Å². The first-order valence-electron chi connectivity index (χ1n) is 5.98. The second-order valence-electron chi connectivity index (χ2n) is 4.13. The van der Waals surface area contributed by atoms with Gasteiger partial charge < -0.3 is 20.4 Å². The Labute approximate surface area is 116 Å². The van der Waals surface area contributed by atoms with Crippen LogP contribution in [0, 0.1) is 0 Å². The summed E-state index contributed by atoms with van der Waals surface area (Å²) < 4.78 is 1.45. The molecule has 0 aliphatic carbocycles. The molecule has 8 heteroatoms. The van der Waals surface area contributed by atoms with Crippen LogP contribution in [0.3, 0.4) is 0 Å². The van der Waals surface area contributed by atoms with Gasteiger partial charge in [0.1, 0.15) is 0 Å². The third kappa shape index (κ3) is 4.09. The van der Waals surface area contributed by atoms with E-state index in [-0.39, 0.29) is 19.7 Å². The number of carbonyl (C=O) groups excluding carboxylic acids is 1. The van der Waals surface area contributed by atoms with Gasteiger partial charge in [0.2, 0.25) is 0 Å². The van der Waals surface area contributed by atoms with Crippen LogP contribution in [0.1, 0.15) is 11.6 Å². The van der Waals surface area contributed by atoms with Gasteiger partial charge in [0.15, 0.2) is 6.04 Å². The Hall–Kier alpha value is -2.35. The zero-order chi connectivity index (χ0) is 15.1. The number of urea groups is 1. The molecule has 1 rings (SSSR count). The highest BCUT2D eigenvalue weighted by Gasteiger charge is 2.25. The van der Waals surface area contributed by atoms with Gasteiger partial charge in [-0.2, -0.15) is 5.10 Å². The van der Waals surface area contributed by atoms with Crippen molar-refractivity contribution < 1.29 is 19.8 Å². The summed E-state index contributed by atoms with van der Waals surface area (Å²) in [4.78, 5) is 24.5. The van der Waals surface area contributed by atoms with Gasteiger partial charge in [-0.25, -0.2) is 9.59 Å². The molecular formula is C12H18N4O4. The number of aromatic nitrogens is 2. The van der Waals surface area contributed by atoms with Gasteiger partial charge in [-0.1, -0.05) is 6.08 Å². The average molecular weight is 282 g/mol. The van der Waals surface area contributed by atoms with E-state index in [4.69, 9.17) is 5.11 Å². The van der Waals surface area contributed by atoms with Crippen LogP contribution in [0.5, 0.6) is 0 Å². The lowest BCUT2D eigenvalue weighted by Gasteiger charge is -2.22. The predicted octanol–water partition coefficient (Wildman–Crippen LogP) is -0.264. The number of aryl methyl sites for hydroxylation is 1. The Morgan fingerprint density at radius 1 is 1.65 bits per heavy atom. The number of carboxylic acids is 1. The van der Waals surface area contributed by atoms with E-state index in [1.807, 2.05) is 0 Å². The van der Waals surface area contributed by atoms with Gasteiger partial charge in [0.25, 0.3) is 0 Å². The normalized spacial score (nSPS) is 11.7. The number of aliphatic hydroxyl groups excluding tert-OH is 1. The van der Waals surface area contributed by atoms with Crippen molar-refractivity contribution in [1.29, 1.82) is 0 Å². The monoisotopic (exact) mass is 282 g/mol. The maximum atomic E-state index is 12.0. The zero-order valence-corrected chi connectivity index (χ0v) is 11.2. The number of amides is 2. The first-order chi connectivity index (χ1) is 9.49. The van der Waals surface area contributed by atoms with E-state index in [1.54, 1.807) is 7.05 Å². The van der Waals surface area contributed by atoms with Crippen LogP contribution >= 0.6 is 0 Å². The van der Waals surface area contributed by atoms with Crippen molar-refractivity contribution in [3.05, 3.63) is 30.6 Å². The van der Waals surface area contributed by atoms with Gasteiger partial charge in [-0.15, -0.1) is 6.58 Å². The Morgan fingerprint density at radius 2 is 2.35 bits per heavy atom. The number of carboxylic acid groups (broad SMARTS) is 1. The van der Waals surface area contributed by atoms with Crippen molar-refractivity contribution in [1.82, 2.24) is 20.0 Å². The number of carbonyl (C=O) groups is 2. The summed E-state index contributed by atoms with van der Waals surface area (Å²) in [5.41, 5.74) is 0.371. The summed E-state index contributed by atoms with van der Waals surface area (Å²) in [7, 11) is 1.65. The molecule has 0 radical (unpaired) electrons. The Kier molecular flexibility index (Phi) is 5.73. The minimum absolute atomic E-state index is 0.0945. The molecule has 1 unspecified atom stereocenters. The van der Waals surface area contributed by atoms with Gasteiger partial charge >= 0.3 is 12.0 Å². The van der Waals surface area contributed by atoms with Crippen LogP contribution < -0.4 is 5.32 Å². The van der Waals surface area contributed by atoms with Crippen molar-refractivity contribution in [2.45, 2.75) is 6.04 Å². The lowest BCUT2D eigenvalue weighted by atomic mass is 10.1. The average Bonchev–Trinajstić information content (AvgIpc) is 2.81. The molecule has 3 N–H and O–H groups in total. The highest BCUT2D eigenvalue weighted by molar-refractivity contribution is 5.83. The fraction of sp³-hybridized carbons (Fsp3) is 0.417. The minimum Gasteiger partial charge on any atom is -0.479 e. The number of nitrogens with zero attached hydrogens (tertiary/aromatic N) is 3. The fourth-order valence-electron chi connectivity index (χ4n) is 1.64.